The smallest absolute Gasteiger partial charge is 0.0575 e. The van der Waals surface area contributed by atoms with Crippen molar-refractivity contribution >= 4 is 0 Å². The lowest BCUT2D eigenvalue weighted by Crippen LogP contribution is -2.14. The summed E-state index contributed by atoms with van der Waals surface area (Å²) in [6, 6.07) is 0. The lowest BCUT2D eigenvalue weighted by molar-refractivity contribution is 0.0365. The second-order valence-corrected chi connectivity index (χ2v) is 8.55. The molecule has 0 aromatic carbocycles. The molecule has 2 heteroatoms. The van der Waals surface area contributed by atoms with Crippen molar-refractivity contribution in [1.29, 1.82) is 0 Å². The highest BCUT2D eigenvalue weighted by atomic mass is 16.5. The first-order valence-electron chi connectivity index (χ1n) is 11.6. The van der Waals surface area contributed by atoms with E-state index in [4.69, 9.17) is 9.47 Å². The van der Waals surface area contributed by atoms with Crippen molar-refractivity contribution in [1.82, 2.24) is 0 Å². The first-order chi connectivity index (χ1) is 12.4. The van der Waals surface area contributed by atoms with Crippen LogP contribution in [0.1, 0.15) is 116 Å². The van der Waals surface area contributed by atoms with Crippen LogP contribution < -0.4 is 0 Å². The largest absolute Gasteiger partial charge is 0.378 e. The summed E-state index contributed by atoms with van der Waals surface area (Å²) in [4.78, 5) is 0. The molecule has 2 nitrogen and oxygen atoms in total. The monoisotopic (exact) mass is 352 g/mol. The summed E-state index contributed by atoms with van der Waals surface area (Å²) in [7, 11) is 0. The van der Waals surface area contributed by atoms with Crippen LogP contribution in [0.4, 0.5) is 0 Å². The minimum Gasteiger partial charge on any atom is -0.378 e. The Balaban J connectivity index is 1.49. The van der Waals surface area contributed by atoms with Crippen LogP contribution in [0, 0.1) is 5.92 Å². The maximum absolute atomic E-state index is 6.17. The Kier molecular flexibility index (Phi) is 11.9. The maximum atomic E-state index is 6.17. The van der Waals surface area contributed by atoms with Crippen LogP contribution in [0.25, 0.3) is 0 Å². The molecular weight excluding hydrogens is 308 g/mol. The van der Waals surface area contributed by atoms with Gasteiger partial charge in [0.05, 0.1) is 12.2 Å². The molecule has 0 bridgehead atoms. The van der Waals surface area contributed by atoms with E-state index in [0.717, 1.165) is 19.1 Å². The molecule has 25 heavy (non-hydrogen) atoms. The molecule has 148 valence electrons. The molecule has 2 rings (SSSR count). The third-order valence-electron chi connectivity index (χ3n) is 6.30. The number of ether oxygens (including phenoxy) is 2. The van der Waals surface area contributed by atoms with Gasteiger partial charge in [-0.2, -0.15) is 0 Å². The van der Waals surface area contributed by atoms with Crippen LogP contribution in [-0.4, -0.2) is 25.4 Å². The molecule has 0 N–H and O–H groups in total. The molecule has 0 amide bonds. The maximum Gasteiger partial charge on any atom is 0.0575 e. The Morgan fingerprint density at radius 3 is 2.04 bits per heavy atom. The standard InChI is InChI=1S/C23H44O2/c1-2-3-4-9-19-24-23-16-10-12-21(17-18-23)13-11-20-25-22-14-7-5-6-8-15-22/h21-23H,2-20H2,1H3. The van der Waals surface area contributed by atoms with E-state index in [1.165, 1.54) is 109 Å². The van der Waals surface area contributed by atoms with Crippen molar-refractivity contribution < 1.29 is 9.47 Å². The van der Waals surface area contributed by atoms with Crippen LogP contribution in [0.2, 0.25) is 0 Å². The molecule has 0 aliphatic heterocycles. The van der Waals surface area contributed by atoms with E-state index in [1.54, 1.807) is 0 Å². The average molecular weight is 353 g/mol. The van der Waals surface area contributed by atoms with E-state index >= 15 is 0 Å². The summed E-state index contributed by atoms with van der Waals surface area (Å²) in [5, 5.41) is 0. The number of unbranched alkanes of at least 4 members (excludes halogenated alkanes) is 3. The Bertz CT molecular complexity index is 296. The van der Waals surface area contributed by atoms with E-state index in [0.29, 0.717) is 12.2 Å². The number of rotatable bonds is 11. The summed E-state index contributed by atoms with van der Waals surface area (Å²) < 4.78 is 12.3. The fourth-order valence-electron chi connectivity index (χ4n) is 4.61. The van der Waals surface area contributed by atoms with Crippen LogP contribution >= 0.6 is 0 Å². The minimum absolute atomic E-state index is 0.550. The summed E-state index contributed by atoms with van der Waals surface area (Å²) in [5.41, 5.74) is 0. The second kappa shape index (κ2) is 14.0. The van der Waals surface area contributed by atoms with Gasteiger partial charge in [0.15, 0.2) is 0 Å². The molecule has 2 unspecified atom stereocenters. The number of hydrogen-bond donors (Lipinski definition) is 0. The first-order valence-corrected chi connectivity index (χ1v) is 11.6. The Hall–Kier alpha value is -0.0800. The van der Waals surface area contributed by atoms with Gasteiger partial charge >= 0.3 is 0 Å². The Morgan fingerprint density at radius 2 is 1.28 bits per heavy atom. The molecule has 0 aromatic rings. The third-order valence-corrected chi connectivity index (χ3v) is 6.30. The first kappa shape index (κ1) is 21.2. The van der Waals surface area contributed by atoms with Crippen LogP contribution in [0.3, 0.4) is 0 Å². The van der Waals surface area contributed by atoms with E-state index in [9.17, 15) is 0 Å². The normalized spacial score (nSPS) is 26.3. The predicted molar refractivity (Wildman–Crippen MR) is 107 cm³/mol. The van der Waals surface area contributed by atoms with Gasteiger partial charge in [0, 0.05) is 13.2 Å². The SMILES string of the molecule is CCCCCCOC1CCCC(CCCOC2CCCCCC2)CC1. The molecule has 0 heterocycles. The topological polar surface area (TPSA) is 18.5 Å². The molecule has 2 fully saturated rings. The van der Waals surface area contributed by atoms with Gasteiger partial charge in [-0.25, -0.2) is 0 Å². The Labute approximate surface area is 157 Å². The van der Waals surface area contributed by atoms with Gasteiger partial charge in [-0.15, -0.1) is 0 Å². The van der Waals surface area contributed by atoms with E-state index in [2.05, 4.69) is 6.92 Å². The van der Waals surface area contributed by atoms with Crippen molar-refractivity contribution in [2.24, 2.45) is 5.92 Å². The Morgan fingerprint density at radius 1 is 0.600 bits per heavy atom. The van der Waals surface area contributed by atoms with Crippen molar-refractivity contribution in [3.63, 3.8) is 0 Å². The highest BCUT2D eigenvalue weighted by Gasteiger charge is 2.19. The molecule has 0 aromatic heterocycles. The fourth-order valence-corrected chi connectivity index (χ4v) is 4.61. The van der Waals surface area contributed by atoms with Crippen molar-refractivity contribution in [3.8, 4) is 0 Å². The van der Waals surface area contributed by atoms with Gasteiger partial charge in [0.1, 0.15) is 0 Å². The summed E-state index contributed by atoms with van der Waals surface area (Å²) in [5.74, 6) is 0.923. The van der Waals surface area contributed by atoms with Gasteiger partial charge in [-0.3, -0.25) is 0 Å². The molecule has 2 aliphatic rings. The zero-order valence-corrected chi connectivity index (χ0v) is 17.0. The molecule has 2 aliphatic carbocycles. The zero-order chi connectivity index (χ0) is 17.6. The minimum atomic E-state index is 0.550. The number of hydrogen-bond acceptors (Lipinski definition) is 2. The lowest BCUT2D eigenvalue weighted by atomic mass is 9.95. The van der Waals surface area contributed by atoms with E-state index in [-0.39, 0.29) is 0 Å². The van der Waals surface area contributed by atoms with Crippen LogP contribution in [0.15, 0.2) is 0 Å². The van der Waals surface area contributed by atoms with Crippen molar-refractivity contribution in [2.75, 3.05) is 13.2 Å². The summed E-state index contributed by atoms with van der Waals surface area (Å²) in [6.45, 7) is 4.26. The van der Waals surface area contributed by atoms with E-state index in [1.807, 2.05) is 0 Å². The second-order valence-electron chi connectivity index (χ2n) is 8.55. The van der Waals surface area contributed by atoms with Crippen LogP contribution in [-0.2, 0) is 9.47 Å². The molecule has 0 spiro atoms. The van der Waals surface area contributed by atoms with Crippen molar-refractivity contribution in [3.05, 3.63) is 0 Å². The lowest BCUT2D eigenvalue weighted by Gasteiger charge is -2.18. The molecule has 2 saturated carbocycles. The van der Waals surface area contributed by atoms with Gasteiger partial charge in [0.25, 0.3) is 0 Å². The average Bonchev–Trinajstić information content (AvgIpc) is 3.02. The highest BCUT2D eigenvalue weighted by molar-refractivity contribution is 4.71. The molecule has 2 atom stereocenters. The highest BCUT2D eigenvalue weighted by Crippen LogP contribution is 2.28. The fraction of sp³-hybridized carbons (Fsp3) is 1.00. The molecular formula is C23H44O2. The van der Waals surface area contributed by atoms with Gasteiger partial charge in [-0.1, -0.05) is 64.7 Å². The van der Waals surface area contributed by atoms with Gasteiger partial charge < -0.3 is 9.47 Å². The van der Waals surface area contributed by atoms with Crippen molar-refractivity contribution in [2.45, 2.75) is 128 Å². The molecule has 0 radical (unpaired) electrons. The summed E-state index contributed by atoms with van der Waals surface area (Å²) in [6.07, 6.45) is 24.0. The summed E-state index contributed by atoms with van der Waals surface area (Å²) >= 11 is 0. The van der Waals surface area contributed by atoms with E-state index < -0.39 is 0 Å². The van der Waals surface area contributed by atoms with Gasteiger partial charge in [0.2, 0.25) is 0 Å². The zero-order valence-electron chi connectivity index (χ0n) is 17.0. The van der Waals surface area contributed by atoms with Gasteiger partial charge in [-0.05, 0) is 57.3 Å². The predicted octanol–water partition coefficient (Wildman–Crippen LogP) is 7.05. The van der Waals surface area contributed by atoms with Crippen LogP contribution in [0.5, 0.6) is 0 Å². The third kappa shape index (κ3) is 9.99. The molecule has 0 saturated heterocycles. The quantitative estimate of drug-likeness (QED) is 0.293.